The molecule has 186 valence electrons. The van der Waals surface area contributed by atoms with Crippen LogP contribution in [0.2, 0.25) is 0 Å². The van der Waals surface area contributed by atoms with Crippen LogP contribution in [0.15, 0.2) is 36.7 Å². The van der Waals surface area contributed by atoms with Crippen LogP contribution in [0.5, 0.6) is 11.6 Å². The first kappa shape index (κ1) is 25.8. The van der Waals surface area contributed by atoms with Crippen molar-refractivity contribution in [3.05, 3.63) is 59.4 Å². The lowest BCUT2D eigenvalue weighted by molar-refractivity contribution is 0.0465. The SMILES string of the molecule is COc1nc(C(C)(C)NC(=O)OC(C)(C)C)nc(-c2ncc(Cc3ccc(F)cc3)cn2)c1OC. The Hall–Kier alpha value is -3.82. The molecule has 0 aliphatic rings. The largest absolute Gasteiger partial charge is 0.490 e. The number of amides is 1. The summed E-state index contributed by atoms with van der Waals surface area (Å²) in [6.07, 6.45) is 3.28. The van der Waals surface area contributed by atoms with Gasteiger partial charge in [0.25, 0.3) is 5.88 Å². The van der Waals surface area contributed by atoms with E-state index in [0.29, 0.717) is 17.9 Å². The molecule has 35 heavy (non-hydrogen) atoms. The third-order valence-electron chi connectivity index (χ3n) is 4.84. The number of carbonyl (C=O) groups excluding carboxylic acids is 1. The lowest BCUT2D eigenvalue weighted by atomic mass is 10.0. The fourth-order valence-corrected chi connectivity index (χ4v) is 3.20. The molecule has 0 aliphatic carbocycles. The van der Waals surface area contributed by atoms with Crippen molar-refractivity contribution in [3.8, 4) is 23.1 Å². The molecule has 0 bridgehead atoms. The van der Waals surface area contributed by atoms with Crippen LogP contribution in [0, 0.1) is 5.82 Å². The van der Waals surface area contributed by atoms with Crippen LogP contribution >= 0.6 is 0 Å². The van der Waals surface area contributed by atoms with E-state index in [2.05, 4.69) is 25.3 Å². The van der Waals surface area contributed by atoms with E-state index in [1.165, 1.54) is 26.4 Å². The summed E-state index contributed by atoms with van der Waals surface area (Å²) in [6, 6.07) is 6.26. The number of hydrogen-bond donors (Lipinski definition) is 1. The molecule has 0 saturated carbocycles. The highest BCUT2D eigenvalue weighted by molar-refractivity contribution is 5.69. The van der Waals surface area contributed by atoms with E-state index in [0.717, 1.165) is 11.1 Å². The zero-order chi connectivity index (χ0) is 25.8. The minimum absolute atomic E-state index is 0.172. The van der Waals surface area contributed by atoms with Gasteiger partial charge in [0.2, 0.25) is 5.75 Å². The predicted molar refractivity (Wildman–Crippen MR) is 128 cm³/mol. The number of methoxy groups -OCH3 is 2. The summed E-state index contributed by atoms with van der Waals surface area (Å²) in [5.74, 6) is 0.695. The number of halogens is 1. The Morgan fingerprint density at radius 2 is 1.57 bits per heavy atom. The Morgan fingerprint density at radius 3 is 2.11 bits per heavy atom. The van der Waals surface area contributed by atoms with Crippen LogP contribution in [0.25, 0.3) is 11.5 Å². The number of aromatic nitrogens is 4. The molecular weight excluding hydrogens is 453 g/mol. The lowest BCUT2D eigenvalue weighted by Crippen LogP contribution is -2.45. The van der Waals surface area contributed by atoms with E-state index >= 15 is 0 Å². The summed E-state index contributed by atoms with van der Waals surface area (Å²) in [6.45, 7) is 8.83. The Labute approximate surface area is 204 Å². The number of hydrogen-bond acceptors (Lipinski definition) is 8. The fourth-order valence-electron chi connectivity index (χ4n) is 3.20. The first-order valence-electron chi connectivity index (χ1n) is 11.0. The number of carbonyl (C=O) groups is 1. The van der Waals surface area contributed by atoms with Crippen LogP contribution in [0.4, 0.5) is 9.18 Å². The normalized spacial score (nSPS) is 11.7. The molecule has 1 aromatic carbocycles. The van der Waals surface area contributed by atoms with Gasteiger partial charge in [-0.3, -0.25) is 0 Å². The average molecular weight is 484 g/mol. The van der Waals surface area contributed by atoms with E-state index < -0.39 is 17.2 Å². The highest BCUT2D eigenvalue weighted by Crippen LogP contribution is 2.35. The number of alkyl carbamates (subject to hydrolysis) is 1. The second kappa shape index (κ2) is 10.2. The molecule has 9 nitrogen and oxygen atoms in total. The molecule has 0 unspecified atom stereocenters. The van der Waals surface area contributed by atoms with E-state index in [4.69, 9.17) is 14.2 Å². The predicted octanol–water partition coefficient (Wildman–Crippen LogP) is 4.44. The smallest absolute Gasteiger partial charge is 0.408 e. The molecule has 0 aliphatic heterocycles. The van der Waals surface area contributed by atoms with Gasteiger partial charge in [0, 0.05) is 18.8 Å². The molecule has 0 spiro atoms. The zero-order valence-electron chi connectivity index (χ0n) is 21.0. The number of rotatable bonds is 7. The van der Waals surface area contributed by atoms with Crippen LogP contribution in [-0.2, 0) is 16.7 Å². The van der Waals surface area contributed by atoms with Gasteiger partial charge in [0.1, 0.15) is 11.4 Å². The topological polar surface area (TPSA) is 108 Å². The standard InChI is InChI=1S/C25H30FN5O4/c1-24(2,3)35-23(32)31-25(4,5)22-29-18(19(33-6)21(30-22)34-7)20-27-13-16(14-28-20)12-15-8-10-17(26)11-9-15/h8-11,13-14H,12H2,1-7H3,(H,31,32). The molecular formula is C25H30FN5O4. The van der Waals surface area contributed by atoms with Gasteiger partial charge >= 0.3 is 6.09 Å². The third-order valence-corrected chi connectivity index (χ3v) is 4.84. The maximum absolute atomic E-state index is 13.2. The summed E-state index contributed by atoms with van der Waals surface area (Å²) in [5.41, 5.74) is 0.405. The van der Waals surface area contributed by atoms with Crippen LogP contribution in [0.3, 0.4) is 0 Å². The van der Waals surface area contributed by atoms with E-state index in [9.17, 15) is 9.18 Å². The zero-order valence-corrected chi connectivity index (χ0v) is 21.0. The minimum Gasteiger partial charge on any atom is -0.490 e. The van der Waals surface area contributed by atoms with Crippen molar-refractivity contribution >= 4 is 6.09 Å². The molecule has 0 fully saturated rings. The molecule has 2 heterocycles. The summed E-state index contributed by atoms with van der Waals surface area (Å²) in [5, 5.41) is 2.79. The van der Waals surface area contributed by atoms with Crippen molar-refractivity contribution in [2.75, 3.05) is 14.2 Å². The summed E-state index contributed by atoms with van der Waals surface area (Å²) < 4.78 is 29.5. The number of ether oxygens (including phenoxy) is 3. The first-order valence-corrected chi connectivity index (χ1v) is 11.0. The van der Waals surface area contributed by atoms with Gasteiger partial charge in [0.05, 0.1) is 19.8 Å². The van der Waals surface area contributed by atoms with Crippen LogP contribution in [0.1, 0.15) is 51.6 Å². The Morgan fingerprint density at radius 1 is 0.943 bits per heavy atom. The summed E-state index contributed by atoms with van der Waals surface area (Å²) in [7, 11) is 2.93. The Balaban J connectivity index is 1.94. The molecule has 2 aromatic heterocycles. The molecule has 3 aromatic rings. The van der Waals surface area contributed by atoms with Gasteiger partial charge < -0.3 is 19.5 Å². The molecule has 0 atom stereocenters. The second-order valence-corrected chi connectivity index (χ2v) is 9.41. The monoisotopic (exact) mass is 483 g/mol. The van der Waals surface area contributed by atoms with Crippen molar-refractivity contribution in [2.24, 2.45) is 0 Å². The molecule has 1 amide bonds. The third kappa shape index (κ3) is 6.62. The van der Waals surface area contributed by atoms with Crippen molar-refractivity contribution in [3.63, 3.8) is 0 Å². The molecule has 0 saturated heterocycles. The first-order chi connectivity index (χ1) is 16.4. The van der Waals surface area contributed by atoms with Crippen molar-refractivity contribution in [1.82, 2.24) is 25.3 Å². The average Bonchev–Trinajstić information content (AvgIpc) is 2.78. The maximum atomic E-state index is 13.2. The fraction of sp³-hybridized carbons (Fsp3) is 0.400. The molecule has 10 heteroatoms. The van der Waals surface area contributed by atoms with E-state index in [-0.39, 0.29) is 23.3 Å². The highest BCUT2D eigenvalue weighted by Gasteiger charge is 2.32. The van der Waals surface area contributed by atoms with E-state index in [1.54, 1.807) is 59.1 Å². The molecule has 1 N–H and O–H groups in total. The van der Waals surface area contributed by atoms with Gasteiger partial charge in [0.15, 0.2) is 17.3 Å². The number of nitrogens with one attached hydrogen (secondary N) is 1. The quantitative estimate of drug-likeness (QED) is 0.525. The van der Waals surface area contributed by atoms with E-state index in [1.807, 2.05) is 0 Å². The van der Waals surface area contributed by atoms with Gasteiger partial charge in [-0.05, 0) is 57.9 Å². The van der Waals surface area contributed by atoms with Gasteiger partial charge in [-0.25, -0.2) is 24.1 Å². The summed E-state index contributed by atoms with van der Waals surface area (Å²) in [4.78, 5) is 30.4. The molecule has 3 rings (SSSR count). The van der Waals surface area contributed by atoms with Crippen LogP contribution in [-0.4, -0.2) is 45.8 Å². The minimum atomic E-state index is -1.01. The lowest BCUT2D eigenvalue weighted by Gasteiger charge is -2.28. The van der Waals surface area contributed by atoms with Crippen LogP contribution < -0.4 is 14.8 Å². The van der Waals surface area contributed by atoms with Crippen molar-refractivity contribution in [1.29, 1.82) is 0 Å². The maximum Gasteiger partial charge on any atom is 0.408 e. The van der Waals surface area contributed by atoms with Gasteiger partial charge in [-0.2, -0.15) is 4.98 Å². The number of nitrogens with zero attached hydrogens (tertiary/aromatic N) is 4. The van der Waals surface area contributed by atoms with Crippen molar-refractivity contribution in [2.45, 2.75) is 52.2 Å². The summed E-state index contributed by atoms with van der Waals surface area (Å²) >= 11 is 0. The second-order valence-electron chi connectivity index (χ2n) is 9.41. The van der Waals surface area contributed by atoms with Crippen molar-refractivity contribution < 1.29 is 23.4 Å². The van der Waals surface area contributed by atoms with Gasteiger partial charge in [-0.15, -0.1) is 0 Å². The van der Waals surface area contributed by atoms with Gasteiger partial charge in [-0.1, -0.05) is 12.1 Å². The highest BCUT2D eigenvalue weighted by atomic mass is 19.1. The Bertz CT molecular complexity index is 1180. The number of benzene rings is 1. The molecule has 0 radical (unpaired) electrons. The Kier molecular flexibility index (Phi) is 7.52.